The average Bonchev–Trinajstić information content (AvgIpc) is 2.91. The molecule has 0 N–H and O–H groups in total. The first-order valence-electron chi connectivity index (χ1n) is 11.7. The number of amides is 1. The van der Waals surface area contributed by atoms with E-state index in [0.717, 1.165) is 5.56 Å². The molecule has 2 unspecified atom stereocenters. The Kier molecular flexibility index (Phi) is 7.51. The largest absolute Gasteiger partial charge is 0.495 e. The van der Waals surface area contributed by atoms with Gasteiger partial charge in [0.2, 0.25) is 5.91 Å². The van der Waals surface area contributed by atoms with Crippen LogP contribution in [0.4, 0.5) is 0 Å². The lowest BCUT2D eigenvalue weighted by Gasteiger charge is -2.33. The van der Waals surface area contributed by atoms with Crippen LogP contribution in [-0.2, 0) is 4.79 Å². The molecule has 6 nitrogen and oxygen atoms in total. The first kappa shape index (κ1) is 24.5. The first-order valence-corrected chi connectivity index (χ1v) is 12.1. The lowest BCUT2D eigenvalue weighted by atomic mass is 10.1. The Labute approximate surface area is 209 Å². The molecule has 0 bridgehead atoms. The number of benzene rings is 3. The van der Waals surface area contributed by atoms with Crippen molar-refractivity contribution in [2.45, 2.75) is 31.7 Å². The monoisotopic (exact) mass is 489 g/mol. The Balaban J connectivity index is 1.92. The van der Waals surface area contributed by atoms with Crippen molar-refractivity contribution in [1.82, 2.24) is 14.5 Å². The molecule has 0 radical (unpaired) electrons. The number of fused-ring (bicyclic) bond motifs is 1. The number of ether oxygens (including phenoxy) is 1. The fraction of sp³-hybridized carbons (Fsp3) is 0.250. The number of likely N-dealkylation sites (N-methyl/N-ethyl adjacent to an activating group) is 1. The summed E-state index contributed by atoms with van der Waals surface area (Å²) in [5.41, 5.74) is 1.65. The van der Waals surface area contributed by atoms with Crippen LogP contribution in [0, 0.1) is 0 Å². The second-order valence-corrected chi connectivity index (χ2v) is 8.56. The van der Waals surface area contributed by atoms with Gasteiger partial charge in [0.15, 0.2) is 0 Å². The van der Waals surface area contributed by atoms with E-state index in [9.17, 15) is 9.59 Å². The Morgan fingerprint density at radius 1 is 1.00 bits per heavy atom. The summed E-state index contributed by atoms with van der Waals surface area (Å²) in [6.07, 6.45) is 0.540. The van der Waals surface area contributed by atoms with Crippen LogP contribution in [0.5, 0.6) is 5.75 Å². The number of carbonyl (C=O) groups excluding carboxylic acids is 1. The lowest BCUT2D eigenvalue weighted by Crippen LogP contribution is -2.40. The molecule has 7 heteroatoms. The maximum Gasteiger partial charge on any atom is 0.266 e. The van der Waals surface area contributed by atoms with Crippen molar-refractivity contribution < 1.29 is 9.53 Å². The molecule has 0 spiro atoms. The summed E-state index contributed by atoms with van der Waals surface area (Å²) in [5.74, 6) is 0.769. The number of halogens is 1. The summed E-state index contributed by atoms with van der Waals surface area (Å²) in [7, 11) is 1.56. The SMILES string of the molecule is CCC(c1nc2ccccc2c(=O)n1-c1ccccc1OC)N(CC)C(=O)C(Cl)c1ccccc1. The number of rotatable bonds is 8. The lowest BCUT2D eigenvalue weighted by molar-refractivity contribution is -0.133. The van der Waals surface area contributed by atoms with Crippen LogP contribution in [0.15, 0.2) is 83.7 Å². The number of alkyl halides is 1. The summed E-state index contributed by atoms with van der Waals surface area (Å²) < 4.78 is 7.14. The van der Waals surface area contributed by atoms with Gasteiger partial charge in [-0.25, -0.2) is 4.98 Å². The molecule has 2 atom stereocenters. The minimum atomic E-state index is -0.850. The van der Waals surface area contributed by atoms with E-state index in [0.29, 0.717) is 41.1 Å². The van der Waals surface area contributed by atoms with E-state index < -0.39 is 11.4 Å². The quantitative estimate of drug-likeness (QED) is 0.299. The molecule has 0 saturated heterocycles. The Hall–Kier alpha value is -3.64. The van der Waals surface area contributed by atoms with Gasteiger partial charge in [-0.1, -0.05) is 61.5 Å². The number of aromatic nitrogens is 2. The number of methoxy groups -OCH3 is 1. The van der Waals surface area contributed by atoms with E-state index in [2.05, 4.69) is 0 Å². The van der Waals surface area contributed by atoms with Crippen LogP contribution in [0.1, 0.15) is 43.1 Å². The third-order valence-corrected chi connectivity index (χ3v) is 6.56. The minimum Gasteiger partial charge on any atom is -0.495 e. The van der Waals surface area contributed by atoms with Gasteiger partial charge >= 0.3 is 0 Å². The van der Waals surface area contributed by atoms with Gasteiger partial charge in [0.1, 0.15) is 17.0 Å². The van der Waals surface area contributed by atoms with E-state index in [4.69, 9.17) is 21.3 Å². The molecular weight excluding hydrogens is 462 g/mol. The van der Waals surface area contributed by atoms with Gasteiger partial charge in [0, 0.05) is 6.54 Å². The highest BCUT2D eigenvalue weighted by Gasteiger charge is 2.32. The minimum absolute atomic E-state index is 0.220. The molecule has 0 aliphatic rings. The van der Waals surface area contributed by atoms with Crippen molar-refractivity contribution in [3.8, 4) is 11.4 Å². The zero-order chi connectivity index (χ0) is 24.9. The van der Waals surface area contributed by atoms with Crippen LogP contribution in [-0.4, -0.2) is 34.0 Å². The van der Waals surface area contributed by atoms with E-state index in [1.54, 1.807) is 28.7 Å². The van der Waals surface area contributed by atoms with Crippen molar-refractivity contribution in [3.05, 3.63) is 101 Å². The number of para-hydroxylation sites is 3. The topological polar surface area (TPSA) is 64.4 Å². The summed E-state index contributed by atoms with van der Waals surface area (Å²) in [4.78, 5) is 34.0. The molecule has 0 fully saturated rings. The van der Waals surface area contributed by atoms with Crippen molar-refractivity contribution in [2.75, 3.05) is 13.7 Å². The molecule has 1 heterocycles. The van der Waals surface area contributed by atoms with Crippen molar-refractivity contribution in [1.29, 1.82) is 0 Å². The van der Waals surface area contributed by atoms with Crippen molar-refractivity contribution in [3.63, 3.8) is 0 Å². The molecule has 4 aromatic rings. The number of nitrogens with zero attached hydrogens (tertiary/aromatic N) is 3. The standard InChI is InChI=1S/C28H28ClN3O3/c1-4-22(31(5-2)28(34)25(29)19-13-7-6-8-14-19)26-30-21-16-10-9-15-20(21)27(33)32(26)23-17-11-12-18-24(23)35-3/h6-18,22,25H,4-5H2,1-3H3. The predicted molar refractivity (Wildman–Crippen MR) is 139 cm³/mol. The first-order chi connectivity index (χ1) is 17.0. The molecule has 180 valence electrons. The normalized spacial score (nSPS) is 12.8. The highest BCUT2D eigenvalue weighted by Crippen LogP contribution is 2.32. The summed E-state index contributed by atoms with van der Waals surface area (Å²) >= 11 is 6.65. The van der Waals surface area contributed by atoms with Crippen LogP contribution < -0.4 is 10.3 Å². The number of hydrogen-bond acceptors (Lipinski definition) is 4. The van der Waals surface area contributed by atoms with Gasteiger partial charge in [-0.05, 0) is 43.2 Å². The molecule has 0 saturated carbocycles. The van der Waals surface area contributed by atoms with Crippen LogP contribution in [0.3, 0.4) is 0 Å². The van der Waals surface area contributed by atoms with E-state index >= 15 is 0 Å². The zero-order valence-corrected chi connectivity index (χ0v) is 20.8. The molecule has 35 heavy (non-hydrogen) atoms. The van der Waals surface area contributed by atoms with Gasteiger partial charge in [0.25, 0.3) is 5.56 Å². The molecule has 4 rings (SSSR count). The average molecular weight is 490 g/mol. The smallest absolute Gasteiger partial charge is 0.266 e. The Morgan fingerprint density at radius 3 is 2.34 bits per heavy atom. The van der Waals surface area contributed by atoms with Crippen molar-refractivity contribution >= 4 is 28.4 Å². The molecule has 0 aliphatic carbocycles. The maximum atomic E-state index is 13.8. The Bertz CT molecular complexity index is 1390. The second kappa shape index (κ2) is 10.7. The number of carbonyl (C=O) groups is 1. The van der Waals surface area contributed by atoms with Crippen LogP contribution >= 0.6 is 11.6 Å². The fourth-order valence-electron chi connectivity index (χ4n) is 4.40. The highest BCUT2D eigenvalue weighted by atomic mass is 35.5. The molecular formula is C28H28ClN3O3. The number of hydrogen-bond donors (Lipinski definition) is 0. The van der Waals surface area contributed by atoms with E-state index in [-0.39, 0.29) is 11.5 Å². The summed E-state index contributed by atoms with van der Waals surface area (Å²) in [6, 6.07) is 23.3. The van der Waals surface area contributed by atoms with Gasteiger partial charge in [-0.2, -0.15) is 0 Å². The van der Waals surface area contributed by atoms with E-state index in [1.165, 1.54) is 0 Å². The zero-order valence-electron chi connectivity index (χ0n) is 20.0. The molecule has 1 aromatic heterocycles. The van der Waals surface area contributed by atoms with Crippen molar-refractivity contribution in [2.24, 2.45) is 0 Å². The summed E-state index contributed by atoms with van der Waals surface area (Å²) in [5, 5.41) is -0.358. The van der Waals surface area contributed by atoms with Gasteiger partial charge in [-0.3, -0.25) is 14.2 Å². The predicted octanol–water partition coefficient (Wildman–Crippen LogP) is 5.67. The second-order valence-electron chi connectivity index (χ2n) is 8.12. The summed E-state index contributed by atoms with van der Waals surface area (Å²) in [6.45, 7) is 4.28. The van der Waals surface area contributed by atoms with E-state index in [1.807, 2.05) is 80.6 Å². The maximum absolute atomic E-state index is 13.8. The van der Waals surface area contributed by atoms with Crippen LogP contribution in [0.25, 0.3) is 16.6 Å². The fourth-order valence-corrected chi connectivity index (χ4v) is 4.67. The van der Waals surface area contributed by atoms with Crippen LogP contribution in [0.2, 0.25) is 0 Å². The van der Waals surface area contributed by atoms with Gasteiger partial charge in [0.05, 0.1) is 29.7 Å². The molecule has 0 aliphatic heterocycles. The highest BCUT2D eigenvalue weighted by molar-refractivity contribution is 6.30. The molecule has 3 aromatic carbocycles. The Morgan fingerprint density at radius 2 is 1.66 bits per heavy atom. The van der Waals surface area contributed by atoms with Gasteiger partial charge in [-0.15, -0.1) is 11.6 Å². The molecule has 1 amide bonds. The third kappa shape index (κ3) is 4.66. The third-order valence-electron chi connectivity index (χ3n) is 6.12. The van der Waals surface area contributed by atoms with Gasteiger partial charge < -0.3 is 9.64 Å².